The fraction of sp³-hybridized carbons (Fsp3) is 0.444. The standard InChI is InChI=1S/C9H9F2NO/c10-9(11)2-1-8-6(4-9)3-7(13)5-12-8/h3,5,13H,1-2,4H2. The zero-order valence-electron chi connectivity index (χ0n) is 6.93. The zero-order chi connectivity index (χ0) is 9.47. The van der Waals surface area contributed by atoms with E-state index in [0.29, 0.717) is 17.7 Å². The van der Waals surface area contributed by atoms with Crippen LogP contribution in [0.15, 0.2) is 12.3 Å². The van der Waals surface area contributed by atoms with Gasteiger partial charge in [0.1, 0.15) is 5.75 Å². The Bertz CT molecular complexity index is 338. The van der Waals surface area contributed by atoms with Gasteiger partial charge in [-0.15, -0.1) is 0 Å². The van der Waals surface area contributed by atoms with E-state index in [9.17, 15) is 8.78 Å². The molecule has 1 heterocycles. The summed E-state index contributed by atoms with van der Waals surface area (Å²) in [6.45, 7) is 0. The van der Waals surface area contributed by atoms with Gasteiger partial charge >= 0.3 is 0 Å². The predicted octanol–water partition coefficient (Wildman–Crippen LogP) is 1.91. The van der Waals surface area contributed by atoms with E-state index < -0.39 is 5.92 Å². The summed E-state index contributed by atoms with van der Waals surface area (Å²) in [5.41, 5.74) is 1.15. The van der Waals surface area contributed by atoms with Gasteiger partial charge in [0.15, 0.2) is 0 Å². The van der Waals surface area contributed by atoms with E-state index in [1.54, 1.807) is 0 Å². The summed E-state index contributed by atoms with van der Waals surface area (Å²) in [6, 6.07) is 1.37. The minimum Gasteiger partial charge on any atom is -0.506 e. The second kappa shape index (κ2) is 2.65. The maximum Gasteiger partial charge on any atom is 0.252 e. The number of pyridine rings is 1. The average Bonchev–Trinajstić information content (AvgIpc) is 2.01. The number of fused-ring (bicyclic) bond motifs is 1. The molecule has 1 aliphatic carbocycles. The second-order valence-corrected chi connectivity index (χ2v) is 3.33. The minimum absolute atomic E-state index is 0.0450. The van der Waals surface area contributed by atoms with Gasteiger partial charge in [0.2, 0.25) is 0 Å². The largest absolute Gasteiger partial charge is 0.506 e. The Hall–Kier alpha value is -1.19. The number of aryl methyl sites for hydroxylation is 1. The smallest absolute Gasteiger partial charge is 0.252 e. The molecule has 0 aromatic carbocycles. The van der Waals surface area contributed by atoms with Gasteiger partial charge in [-0.05, 0) is 18.1 Å². The first-order chi connectivity index (χ1) is 6.07. The number of aromatic nitrogens is 1. The van der Waals surface area contributed by atoms with Gasteiger partial charge in [0.25, 0.3) is 5.92 Å². The third-order valence-electron chi connectivity index (χ3n) is 2.22. The van der Waals surface area contributed by atoms with Gasteiger partial charge in [-0.1, -0.05) is 0 Å². The van der Waals surface area contributed by atoms with Gasteiger partial charge in [-0.25, -0.2) is 8.78 Å². The molecule has 70 valence electrons. The van der Waals surface area contributed by atoms with Crippen LogP contribution >= 0.6 is 0 Å². The molecule has 1 N–H and O–H groups in total. The summed E-state index contributed by atoms with van der Waals surface area (Å²) in [4.78, 5) is 3.90. The van der Waals surface area contributed by atoms with Crippen molar-refractivity contribution in [2.45, 2.75) is 25.2 Å². The first kappa shape index (κ1) is 8.41. The maximum atomic E-state index is 12.9. The number of aromatic hydroxyl groups is 1. The molecule has 0 amide bonds. The number of alkyl halides is 2. The van der Waals surface area contributed by atoms with Crippen molar-refractivity contribution in [2.75, 3.05) is 0 Å². The number of hydrogen-bond donors (Lipinski definition) is 1. The molecule has 1 aromatic heterocycles. The molecular formula is C9H9F2NO. The Morgan fingerprint density at radius 3 is 3.00 bits per heavy atom. The van der Waals surface area contributed by atoms with E-state index in [1.165, 1.54) is 12.3 Å². The van der Waals surface area contributed by atoms with Gasteiger partial charge in [-0.3, -0.25) is 4.98 Å². The lowest BCUT2D eigenvalue weighted by atomic mass is 9.93. The van der Waals surface area contributed by atoms with E-state index in [2.05, 4.69) is 4.98 Å². The van der Waals surface area contributed by atoms with Crippen LogP contribution in [0.2, 0.25) is 0 Å². The Balaban J connectivity index is 2.38. The summed E-state index contributed by atoms with van der Waals surface area (Å²) in [5, 5.41) is 9.05. The van der Waals surface area contributed by atoms with Crippen molar-refractivity contribution in [3.8, 4) is 5.75 Å². The molecule has 1 aliphatic rings. The van der Waals surface area contributed by atoms with E-state index in [4.69, 9.17) is 5.11 Å². The van der Waals surface area contributed by atoms with Crippen molar-refractivity contribution in [2.24, 2.45) is 0 Å². The molecule has 1 aromatic rings. The molecular weight excluding hydrogens is 176 g/mol. The monoisotopic (exact) mass is 185 g/mol. The Kier molecular flexibility index (Phi) is 1.71. The molecule has 0 saturated heterocycles. The Labute approximate surface area is 74.2 Å². The van der Waals surface area contributed by atoms with Crippen LogP contribution in [0.4, 0.5) is 8.78 Å². The van der Waals surface area contributed by atoms with Crippen molar-refractivity contribution in [3.05, 3.63) is 23.5 Å². The van der Waals surface area contributed by atoms with Crippen LogP contribution in [-0.4, -0.2) is 16.0 Å². The lowest BCUT2D eigenvalue weighted by Crippen LogP contribution is -2.26. The fourth-order valence-electron chi connectivity index (χ4n) is 1.57. The molecule has 0 fully saturated rings. The number of nitrogens with zero attached hydrogens (tertiary/aromatic N) is 1. The highest BCUT2D eigenvalue weighted by Gasteiger charge is 2.34. The first-order valence-corrected chi connectivity index (χ1v) is 4.11. The third kappa shape index (κ3) is 1.61. The predicted molar refractivity (Wildman–Crippen MR) is 42.9 cm³/mol. The average molecular weight is 185 g/mol. The topological polar surface area (TPSA) is 33.1 Å². The van der Waals surface area contributed by atoms with Gasteiger partial charge in [-0.2, -0.15) is 0 Å². The van der Waals surface area contributed by atoms with E-state index in [-0.39, 0.29) is 18.6 Å². The summed E-state index contributed by atoms with van der Waals surface area (Å²) in [6.07, 6.45) is 1.15. The molecule has 0 bridgehead atoms. The van der Waals surface area contributed by atoms with Crippen LogP contribution in [-0.2, 0) is 12.8 Å². The minimum atomic E-state index is -2.64. The molecule has 2 nitrogen and oxygen atoms in total. The zero-order valence-corrected chi connectivity index (χ0v) is 6.93. The normalized spacial score (nSPS) is 19.5. The highest BCUT2D eigenvalue weighted by Crippen LogP contribution is 2.32. The van der Waals surface area contributed by atoms with Crippen LogP contribution in [0.3, 0.4) is 0 Å². The molecule has 0 atom stereocenters. The Morgan fingerprint density at radius 2 is 2.23 bits per heavy atom. The quantitative estimate of drug-likeness (QED) is 0.669. The van der Waals surface area contributed by atoms with Crippen LogP contribution in [0.25, 0.3) is 0 Å². The maximum absolute atomic E-state index is 12.9. The molecule has 0 unspecified atom stereocenters. The Morgan fingerprint density at radius 1 is 1.46 bits per heavy atom. The highest BCUT2D eigenvalue weighted by molar-refractivity contribution is 5.31. The number of halogens is 2. The molecule has 13 heavy (non-hydrogen) atoms. The first-order valence-electron chi connectivity index (χ1n) is 4.11. The fourth-order valence-corrected chi connectivity index (χ4v) is 1.57. The van der Waals surface area contributed by atoms with Crippen LogP contribution in [0.1, 0.15) is 17.7 Å². The van der Waals surface area contributed by atoms with Crippen molar-refractivity contribution >= 4 is 0 Å². The third-order valence-corrected chi connectivity index (χ3v) is 2.22. The van der Waals surface area contributed by atoms with Crippen molar-refractivity contribution in [3.63, 3.8) is 0 Å². The van der Waals surface area contributed by atoms with Gasteiger partial charge in [0, 0.05) is 18.5 Å². The summed E-state index contributed by atoms with van der Waals surface area (Å²) >= 11 is 0. The molecule has 4 heteroatoms. The lowest BCUT2D eigenvalue weighted by molar-refractivity contribution is -0.0128. The summed E-state index contributed by atoms with van der Waals surface area (Å²) < 4.78 is 25.8. The molecule has 0 spiro atoms. The van der Waals surface area contributed by atoms with Crippen molar-refractivity contribution in [1.29, 1.82) is 0 Å². The van der Waals surface area contributed by atoms with Crippen LogP contribution in [0.5, 0.6) is 5.75 Å². The van der Waals surface area contributed by atoms with Crippen molar-refractivity contribution < 1.29 is 13.9 Å². The highest BCUT2D eigenvalue weighted by atomic mass is 19.3. The molecule has 0 radical (unpaired) electrons. The summed E-state index contributed by atoms with van der Waals surface area (Å²) in [7, 11) is 0. The van der Waals surface area contributed by atoms with E-state index in [1.807, 2.05) is 0 Å². The molecule has 0 aliphatic heterocycles. The van der Waals surface area contributed by atoms with Gasteiger partial charge < -0.3 is 5.11 Å². The van der Waals surface area contributed by atoms with E-state index >= 15 is 0 Å². The van der Waals surface area contributed by atoms with Crippen LogP contribution < -0.4 is 0 Å². The van der Waals surface area contributed by atoms with Gasteiger partial charge in [0.05, 0.1) is 6.20 Å². The van der Waals surface area contributed by atoms with Crippen molar-refractivity contribution in [1.82, 2.24) is 4.98 Å². The number of hydrogen-bond acceptors (Lipinski definition) is 2. The second-order valence-electron chi connectivity index (χ2n) is 3.33. The molecule has 0 saturated carbocycles. The molecule has 2 rings (SSSR count). The number of rotatable bonds is 0. The van der Waals surface area contributed by atoms with E-state index in [0.717, 1.165) is 0 Å². The summed E-state index contributed by atoms with van der Waals surface area (Å²) in [5.74, 6) is -2.68. The lowest BCUT2D eigenvalue weighted by Gasteiger charge is -2.23. The SMILES string of the molecule is Oc1cnc2c(c1)CC(F)(F)CC2. The van der Waals surface area contributed by atoms with Crippen LogP contribution in [0, 0.1) is 0 Å².